The van der Waals surface area contributed by atoms with Crippen LogP contribution in [0.1, 0.15) is 206 Å². The second-order valence-corrected chi connectivity index (χ2v) is 20.0. The third-order valence-electron chi connectivity index (χ3n) is 11.2. The first-order chi connectivity index (χ1) is 30.5. The van der Waals surface area contributed by atoms with Crippen molar-refractivity contribution in [2.45, 2.75) is 225 Å². The van der Waals surface area contributed by atoms with Crippen LogP contribution >= 0.6 is 7.82 Å². The Balaban J connectivity index is 2.25. The number of phosphoric acid groups is 1. The molecule has 3 unspecified atom stereocenters. The van der Waals surface area contributed by atoms with Crippen molar-refractivity contribution in [3.8, 4) is 0 Å². The first-order valence-corrected chi connectivity index (χ1v) is 27.0. The number of hydrogen-bond acceptors (Lipinski definition) is 8. The third-order valence-corrected chi connectivity index (χ3v) is 12.2. The number of unbranched alkanes of at least 4 members (excludes halogenated alkanes) is 21. The monoisotopic (exact) mass is 909 g/mol. The molecule has 10 nitrogen and oxygen atoms in total. The van der Waals surface area contributed by atoms with Crippen molar-refractivity contribution in [1.29, 1.82) is 0 Å². The lowest BCUT2D eigenvalue weighted by Gasteiger charge is -2.24. The van der Waals surface area contributed by atoms with Gasteiger partial charge in [0.15, 0.2) is 6.10 Å². The number of carbonyl (C=O) groups is 2. The highest BCUT2D eigenvalue weighted by atomic mass is 31.2. The van der Waals surface area contributed by atoms with Crippen LogP contribution < -0.4 is 0 Å². The van der Waals surface area contributed by atoms with Gasteiger partial charge in [-0.25, -0.2) is 4.57 Å². The average Bonchev–Trinajstić information content (AvgIpc) is 4.00. The van der Waals surface area contributed by atoms with E-state index in [1.54, 1.807) is 0 Å². The standard InChI is InChI=1S/C52H94NO9P/c1-6-8-10-12-14-16-17-18-19-20-21-22-23-24-25-26-27-29-31-33-39-43-52(55)61-48(47-60-63(56,57)59-45-44-53(3,4)5)46-58-51(54)42-38-35-34-37-41-50-49(62-50)40-36-32-30-28-15-13-11-9-7-2/h15,18-19,28,32,34,36-37,48-50H,6-14,16-17,20-27,29-31,33,35,38-47H2,1-5H3/p+1/b19-18-,28-15-,36-32-,37-34-/t48-,49?,50?/m1/s1. The lowest BCUT2D eigenvalue weighted by atomic mass is 10.0. The van der Waals surface area contributed by atoms with Gasteiger partial charge in [-0.05, 0) is 77.0 Å². The molecule has 366 valence electrons. The summed E-state index contributed by atoms with van der Waals surface area (Å²) in [5.41, 5.74) is 0. The number of allylic oxidation sites excluding steroid dienone is 6. The lowest BCUT2D eigenvalue weighted by molar-refractivity contribution is -0.870. The van der Waals surface area contributed by atoms with Crippen molar-refractivity contribution in [3.05, 3.63) is 48.6 Å². The summed E-state index contributed by atoms with van der Waals surface area (Å²) in [7, 11) is 1.44. The van der Waals surface area contributed by atoms with E-state index >= 15 is 0 Å². The van der Waals surface area contributed by atoms with E-state index in [1.807, 2.05) is 21.1 Å². The van der Waals surface area contributed by atoms with Crippen LogP contribution in [0.15, 0.2) is 48.6 Å². The summed E-state index contributed by atoms with van der Waals surface area (Å²) in [5.74, 6) is -0.870. The lowest BCUT2D eigenvalue weighted by Crippen LogP contribution is -2.37. The predicted octanol–water partition coefficient (Wildman–Crippen LogP) is 14.0. The molecule has 1 saturated heterocycles. The SMILES string of the molecule is CCCCC/C=C\C/C=C\CC1OC1C/C=C\CCCC(=O)OC[C@H](COP(=O)(O)OCC[N+](C)(C)C)OC(=O)CCCCCCCCCCCCC/C=C\CCCCCCCC. The number of epoxide rings is 1. The summed E-state index contributed by atoms with van der Waals surface area (Å²) >= 11 is 0. The van der Waals surface area contributed by atoms with Gasteiger partial charge >= 0.3 is 19.8 Å². The Morgan fingerprint density at radius 3 is 1.60 bits per heavy atom. The molecule has 1 rings (SSSR count). The first-order valence-electron chi connectivity index (χ1n) is 25.5. The molecule has 0 bridgehead atoms. The van der Waals surface area contributed by atoms with E-state index in [9.17, 15) is 19.0 Å². The number of nitrogens with zero attached hydrogens (tertiary/aromatic N) is 1. The number of likely N-dealkylation sites (N-methyl/N-ethyl adjacent to an activating group) is 1. The summed E-state index contributed by atoms with van der Waals surface area (Å²) in [6, 6.07) is 0. The van der Waals surface area contributed by atoms with Gasteiger partial charge in [-0.2, -0.15) is 0 Å². The van der Waals surface area contributed by atoms with Crippen LogP contribution in [0.4, 0.5) is 0 Å². The molecular weight excluding hydrogens is 814 g/mol. The van der Waals surface area contributed by atoms with E-state index in [1.165, 1.54) is 122 Å². The summed E-state index contributed by atoms with van der Waals surface area (Å²) in [6.07, 6.45) is 50.5. The maximum atomic E-state index is 12.8. The Bertz CT molecular complexity index is 1280. The van der Waals surface area contributed by atoms with Crippen LogP contribution in [0.25, 0.3) is 0 Å². The van der Waals surface area contributed by atoms with Crippen LogP contribution in [0.3, 0.4) is 0 Å². The molecule has 1 fully saturated rings. The maximum absolute atomic E-state index is 12.8. The van der Waals surface area contributed by atoms with Crippen molar-refractivity contribution in [3.63, 3.8) is 0 Å². The van der Waals surface area contributed by atoms with Gasteiger partial charge in [0, 0.05) is 12.8 Å². The van der Waals surface area contributed by atoms with E-state index in [4.69, 9.17) is 23.3 Å². The largest absolute Gasteiger partial charge is 0.472 e. The van der Waals surface area contributed by atoms with E-state index in [-0.39, 0.29) is 38.3 Å². The second-order valence-electron chi connectivity index (χ2n) is 18.6. The zero-order chi connectivity index (χ0) is 46.1. The predicted molar refractivity (Wildman–Crippen MR) is 261 cm³/mol. The minimum absolute atomic E-state index is 0.0195. The van der Waals surface area contributed by atoms with Crippen molar-refractivity contribution in [2.75, 3.05) is 47.5 Å². The Morgan fingerprint density at radius 2 is 1.02 bits per heavy atom. The van der Waals surface area contributed by atoms with Crippen LogP contribution in [0, 0.1) is 0 Å². The minimum Gasteiger partial charge on any atom is -0.462 e. The number of ether oxygens (including phenoxy) is 3. The molecular formula is C52H95NO9P+. The number of quaternary nitrogens is 1. The topological polar surface area (TPSA) is 121 Å². The summed E-state index contributed by atoms with van der Waals surface area (Å²) in [5, 5.41) is 0. The smallest absolute Gasteiger partial charge is 0.462 e. The summed E-state index contributed by atoms with van der Waals surface area (Å²) < 4.78 is 40.2. The summed E-state index contributed by atoms with van der Waals surface area (Å²) in [6.45, 7) is 4.33. The molecule has 0 aromatic carbocycles. The average molecular weight is 909 g/mol. The van der Waals surface area contributed by atoms with E-state index in [0.29, 0.717) is 23.9 Å². The number of rotatable bonds is 45. The van der Waals surface area contributed by atoms with E-state index in [0.717, 1.165) is 44.9 Å². The quantitative estimate of drug-likeness (QED) is 0.0159. The van der Waals surface area contributed by atoms with Gasteiger partial charge in [0.25, 0.3) is 0 Å². The second kappa shape index (κ2) is 40.2. The van der Waals surface area contributed by atoms with Crippen LogP contribution in [0.2, 0.25) is 0 Å². The minimum atomic E-state index is -4.40. The zero-order valence-corrected chi connectivity index (χ0v) is 41.9. The molecule has 0 radical (unpaired) electrons. The summed E-state index contributed by atoms with van der Waals surface area (Å²) in [4.78, 5) is 35.6. The first kappa shape index (κ1) is 58.9. The van der Waals surface area contributed by atoms with E-state index in [2.05, 4.69) is 62.5 Å². The molecule has 0 aromatic rings. The molecule has 0 aromatic heterocycles. The fourth-order valence-electron chi connectivity index (χ4n) is 7.10. The molecule has 0 saturated carbocycles. The Labute approximate surface area is 386 Å². The molecule has 0 aliphatic carbocycles. The van der Waals surface area contributed by atoms with Crippen molar-refractivity contribution >= 4 is 19.8 Å². The molecule has 4 atom stereocenters. The highest BCUT2D eigenvalue weighted by molar-refractivity contribution is 7.47. The van der Waals surface area contributed by atoms with Gasteiger partial charge in [0.2, 0.25) is 0 Å². The maximum Gasteiger partial charge on any atom is 0.472 e. The van der Waals surface area contributed by atoms with Gasteiger partial charge in [0.05, 0.1) is 40.0 Å². The molecule has 63 heavy (non-hydrogen) atoms. The highest BCUT2D eigenvalue weighted by Gasteiger charge is 2.36. The van der Waals surface area contributed by atoms with Crippen LogP contribution in [-0.2, 0) is 37.4 Å². The van der Waals surface area contributed by atoms with Crippen molar-refractivity contribution in [2.24, 2.45) is 0 Å². The van der Waals surface area contributed by atoms with Gasteiger partial charge in [-0.3, -0.25) is 18.6 Å². The molecule has 1 aliphatic heterocycles. The Hall–Kier alpha value is -2.07. The third kappa shape index (κ3) is 41.1. The van der Waals surface area contributed by atoms with Crippen LogP contribution in [0.5, 0.6) is 0 Å². The molecule has 0 amide bonds. The highest BCUT2D eigenvalue weighted by Crippen LogP contribution is 2.43. The van der Waals surface area contributed by atoms with Crippen LogP contribution in [-0.4, -0.2) is 87.1 Å². The van der Waals surface area contributed by atoms with Gasteiger partial charge in [-0.15, -0.1) is 0 Å². The van der Waals surface area contributed by atoms with E-state index < -0.39 is 32.5 Å². The van der Waals surface area contributed by atoms with Gasteiger partial charge < -0.3 is 23.6 Å². The normalized spacial score (nSPS) is 17.0. The molecule has 0 spiro atoms. The number of phosphoric ester groups is 1. The number of carbonyl (C=O) groups excluding carboxylic acids is 2. The molecule has 11 heteroatoms. The molecule has 1 heterocycles. The fourth-order valence-corrected chi connectivity index (χ4v) is 7.84. The molecule has 1 aliphatic rings. The van der Waals surface area contributed by atoms with Crippen molar-refractivity contribution < 1.29 is 46.8 Å². The van der Waals surface area contributed by atoms with Gasteiger partial charge in [-0.1, -0.05) is 165 Å². The number of esters is 2. The fraction of sp³-hybridized carbons (Fsp3) is 0.808. The van der Waals surface area contributed by atoms with Gasteiger partial charge in [0.1, 0.15) is 19.8 Å². The molecule has 1 N–H and O–H groups in total. The van der Waals surface area contributed by atoms with Crippen molar-refractivity contribution in [1.82, 2.24) is 0 Å². The number of hydrogen-bond donors (Lipinski definition) is 1. The Morgan fingerprint density at radius 1 is 0.571 bits per heavy atom. The zero-order valence-electron chi connectivity index (χ0n) is 41.0. The Kier molecular flexibility index (Phi) is 37.6.